The maximum Gasteiger partial charge on any atom is 0.319 e. The number of hydrogen-bond acceptors (Lipinski definition) is 2. The van der Waals surface area contributed by atoms with Crippen LogP contribution in [0.5, 0.6) is 0 Å². The minimum Gasteiger partial charge on any atom is -0.357 e. The number of carbonyl (C=O) groups excluding carboxylic acids is 2. The average molecular weight is 207 g/mol. The Bertz CT molecular complexity index is 306. The van der Waals surface area contributed by atoms with Gasteiger partial charge in [-0.05, 0) is 18.6 Å². The third-order valence-corrected chi connectivity index (χ3v) is 2.17. The van der Waals surface area contributed by atoms with Crippen molar-refractivity contribution in [2.24, 2.45) is 0 Å². The van der Waals surface area contributed by atoms with Gasteiger partial charge in [-0.1, -0.05) is 19.8 Å². The summed E-state index contributed by atoms with van der Waals surface area (Å²) in [7, 11) is 0. The molecule has 81 valence electrons. The van der Waals surface area contributed by atoms with Gasteiger partial charge in [0.05, 0.1) is 0 Å². The van der Waals surface area contributed by atoms with Crippen LogP contribution in [0.1, 0.15) is 36.7 Å². The van der Waals surface area contributed by atoms with E-state index in [-0.39, 0.29) is 5.91 Å². The third-order valence-electron chi connectivity index (χ3n) is 2.17. The molecule has 1 heterocycles. The summed E-state index contributed by atoms with van der Waals surface area (Å²) < 4.78 is 0. The van der Waals surface area contributed by atoms with Gasteiger partial charge in [-0.25, -0.2) is 0 Å². The van der Waals surface area contributed by atoms with E-state index in [1.807, 2.05) is 0 Å². The van der Waals surface area contributed by atoms with Crippen molar-refractivity contribution in [3.05, 3.63) is 24.0 Å². The molecule has 0 aromatic carbocycles. The van der Waals surface area contributed by atoms with Gasteiger partial charge in [0.2, 0.25) is 0 Å². The van der Waals surface area contributed by atoms with Crippen LogP contribution in [0.3, 0.4) is 0 Å². The van der Waals surface area contributed by atoms with Crippen LogP contribution in [0.2, 0.25) is 0 Å². The van der Waals surface area contributed by atoms with E-state index in [9.17, 15) is 9.59 Å². The van der Waals surface area contributed by atoms with E-state index in [2.05, 4.69) is 11.9 Å². The Balaban J connectivity index is 2.51. The molecule has 0 aliphatic heterocycles. The van der Waals surface area contributed by atoms with Crippen LogP contribution in [-0.4, -0.2) is 28.7 Å². The van der Waals surface area contributed by atoms with E-state index in [1.54, 1.807) is 24.7 Å². The molecule has 0 saturated heterocycles. The highest BCUT2D eigenvalue weighted by Crippen LogP contribution is 2.03. The molecule has 0 spiro atoms. The first-order chi connectivity index (χ1) is 7.29. The average Bonchev–Trinajstić information content (AvgIpc) is 2.77. The molecule has 0 bridgehead atoms. The van der Waals surface area contributed by atoms with Crippen molar-refractivity contribution in [2.45, 2.75) is 26.2 Å². The summed E-state index contributed by atoms with van der Waals surface area (Å²) in [6.45, 7) is 2.51. The first-order valence-corrected chi connectivity index (χ1v) is 5.12. The van der Waals surface area contributed by atoms with Crippen molar-refractivity contribution in [2.75, 3.05) is 6.54 Å². The number of nitrogens with one attached hydrogen (secondary N) is 1. The Morgan fingerprint density at radius 2 is 2.33 bits per heavy atom. The highest BCUT2D eigenvalue weighted by Gasteiger charge is 2.15. The molecule has 0 aliphatic rings. The van der Waals surface area contributed by atoms with Crippen LogP contribution < -0.4 is 0 Å². The summed E-state index contributed by atoms with van der Waals surface area (Å²) in [5.74, 6) is -0.314. The van der Waals surface area contributed by atoms with Crippen LogP contribution in [0, 0.1) is 0 Å². The van der Waals surface area contributed by atoms with Crippen LogP contribution in [0.25, 0.3) is 0 Å². The fraction of sp³-hybridized carbons (Fsp3) is 0.455. The van der Waals surface area contributed by atoms with Crippen molar-refractivity contribution in [1.82, 2.24) is 9.88 Å². The highest BCUT2D eigenvalue weighted by molar-refractivity contribution is 5.98. The lowest BCUT2D eigenvalue weighted by molar-refractivity contribution is 0.0837. The van der Waals surface area contributed by atoms with E-state index in [4.69, 9.17) is 0 Å². The zero-order valence-electron chi connectivity index (χ0n) is 8.82. The Labute approximate surface area is 89.3 Å². The SMILES string of the molecule is CCCCCN([C]=O)C(=O)c1ccc[nH]1. The summed E-state index contributed by atoms with van der Waals surface area (Å²) in [5, 5.41) is 0. The summed E-state index contributed by atoms with van der Waals surface area (Å²) in [6, 6.07) is 3.37. The van der Waals surface area contributed by atoms with Crippen LogP contribution in [0.4, 0.5) is 0 Å². The minimum atomic E-state index is -0.314. The monoisotopic (exact) mass is 207 g/mol. The molecule has 1 rings (SSSR count). The molecule has 0 aliphatic carbocycles. The number of aromatic nitrogens is 1. The number of hydrogen-bond donors (Lipinski definition) is 1. The minimum absolute atomic E-state index is 0.314. The van der Waals surface area contributed by atoms with Crippen molar-refractivity contribution in [1.29, 1.82) is 0 Å². The van der Waals surface area contributed by atoms with E-state index < -0.39 is 0 Å². The van der Waals surface area contributed by atoms with Gasteiger partial charge in [0.25, 0.3) is 5.91 Å². The van der Waals surface area contributed by atoms with Gasteiger partial charge < -0.3 is 4.98 Å². The normalized spacial score (nSPS) is 9.93. The third kappa shape index (κ3) is 3.23. The Morgan fingerprint density at radius 3 is 2.87 bits per heavy atom. The van der Waals surface area contributed by atoms with Crippen LogP contribution in [0.15, 0.2) is 18.3 Å². The van der Waals surface area contributed by atoms with E-state index in [0.717, 1.165) is 24.2 Å². The molecule has 4 nitrogen and oxygen atoms in total. The van der Waals surface area contributed by atoms with Crippen molar-refractivity contribution >= 4 is 12.3 Å². The topological polar surface area (TPSA) is 53.2 Å². The fourth-order valence-electron chi connectivity index (χ4n) is 1.32. The number of imide groups is 1. The zero-order valence-corrected chi connectivity index (χ0v) is 8.82. The smallest absolute Gasteiger partial charge is 0.319 e. The Morgan fingerprint density at radius 1 is 1.53 bits per heavy atom. The summed E-state index contributed by atoms with van der Waals surface area (Å²) in [4.78, 5) is 26.1. The quantitative estimate of drug-likeness (QED) is 0.570. The largest absolute Gasteiger partial charge is 0.357 e. The van der Waals surface area contributed by atoms with Crippen LogP contribution >= 0.6 is 0 Å². The molecule has 1 radical (unpaired) electrons. The van der Waals surface area contributed by atoms with Gasteiger partial charge in [0.15, 0.2) is 0 Å². The van der Waals surface area contributed by atoms with Crippen molar-refractivity contribution in [3.63, 3.8) is 0 Å². The molecule has 2 amide bonds. The first-order valence-electron chi connectivity index (χ1n) is 5.12. The second-order valence-corrected chi connectivity index (χ2v) is 3.34. The molecule has 0 fully saturated rings. The summed E-state index contributed by atoms with van der Waals surface area (Å²) in [6.07, 6.45) is 6.22. The molecule has 15 heavy (non-hydrogen) atoms. The second kappa shape index (κ2) is 6.01. The summed E-state index contributed by atoms with van der Waals surface area (Å²) >= 11 is 0. The van der Waals surface area contributed by atoms with E-state index in [1.165, 1.54) is 0 Å². The van der Waals surface area contributed by atoms with E-state index >= 15 is 0 Å². The molecule has 4 heteroatoms. The summed E-state index contributed by atoms with van der Waals surface area (Å²) in [5.41, 5.74) is 0.426. The van der Waals surface area contributed by atoms with Crippen molar-refractivity contribution in [3.8, 4) is 0 Å². The maximum absolute atomic E-state index is 11.7. The number of unbranched alkanes of at least 4 members (excludes halogenated alkanes) is 2. The molecular formula is C11H15N2O2. The van der Waals surface area contributed by atoms with Gasteiger partial charge in [0, 0.05) is 12.7 Å². The first kappa shape index (κ1) is 11.5. The molecule has 1 N–H and O–H groups in total. The maximum atomic E-state index is 11.7. The molecule has 0 unspecified atom stereocenters. The molecule has 0 atom stereocenters. The lowest BCUT2D eigenvalue weighted by Crippen LogP contribution is -2.30. The van der Waals surface area contributed by atoms with Gasteiger partial charge in [-0.3, -0.25) is 14.5 Å². The standard InChI is InChI=1S/C11H15N2O2/c1-2-3-4-8-13(9-14)11(15)10-6-5-7-12-10/h5-7,12H,2-4,8H2,1H3. The van der Waals surface area contributed by atoms with Gasteiger partial charge in [-0.2, -0.15) is 0 Å². The number of amides is 2. The zero-order chi connectivity index (χ0) is 11.1. The second-order valence-electron chi connectivity index (χ2n) is 3.34. The molecule has 0 saturated carbocycles. The predicted molar refractivity (Wildman–Crippen MR) is 57.0 cm³/mol. The van der Waals surface area contributed by atoms with Crippen molar-refractivity contribution < 1.29 is 9.59 Å². The fourth-order valence-corrected chi connectivity index (χ4v) is 1.32. The lowest BCUT2D eigenvalue weighted by Gasteiger charge is -2.12. The molecule has 1 aromatic rings. The highest BCUT2D eigenvalue weighted by atomic mass is 16.2. The number of carbonyl (C=O) groups is 1. The van der Waals surface area contributed by atoms with Gasteiger partial charge >= 0.3 is 6.41 Å². The molecular weight excluding hydrogens is 192 g/mol. The molecule has 1 aromatic heterocycles. The van der Waals surface area contributed by atoms with Crippen LogP contribution in [-0.2, 0) is 4.79 Å². The number of nitrogens with zero attached hydrogens (tertiary/aromatic N) is 1. The number of rotatable bonds is 6. The van der Waals surface area contributed by atoms with E-state index in [0.29, 0.717) is 12.2 Å². The number of H-pyrrole nitrogens is 1. The Kier molecular flexibility index (Phi) is 4.60. The van der Waals surface area contributed by atoms with Gasteiger partial charge in [-0.15, -0.1) is 0 Å². The Hall–Kier alpha value is -1.58. The lowest BCUT2D eigenvalue weighted by atomic mass is 10.2. The van der Waals surface area contributed by atoms with Gasteiger partial charge in [0.1, 0.15) is 5.69 Å². The predicted octanol–water partition coefficient (Wildman–Crippen LogP) is 1.71. The number of aromatic amines is 1.